The normalized spacial score (nSPS) is 20.2. The first-order chi connectivity index (χ1) is 20.6. The van der Waals surface area contributed by atoms with Crippen molar-refractivity contribution in [1.29, 1.82) is 0 Å². The Labute approximate surface area is 266 Å². The zero-order chi connectivity index (χ0) is 32.9. The summed E-state index contributed by atoms with van der Waals surface area (Å²) in [6.45, 7) is 11.8. The van der Waals surface area contributed by atoms with Crippen LogP contribution in [-0.4, -0.2) is 56.6 Å². The number of hydrazone groups is 1. The predicted molar refractivity (Wildman–Crippen MR) is 171 cm³/mol. The lowest BCUT2D eigenvalue weighted by atomic mass is 9.78. The number of aryl methyl sites for hydroxylation is 3. The quantitative estimate of drug-likeness (QED) is 0.202. The van der Waals surface area contributed by atoms with Crippen LogP contribution in [0.3, 0.4) is 0 Å². The van der Waals surface area contributed by atoms with Crippen LogP contribution in [0.15, 0.2) is 51.9 Å². The molecule has 2 aromatic rings. The highest BCUT2D eigenvalue weighted by molar-refractivity contribution is 6.38. The number of Topliss-reactive ketones (excluding diaryl/α,β-unsaturated/α-hetero) is 1. The molecule has 4 rings (SSSR count). The highest BCUT2D eigenvalue weighted by Crippen LogP contribution is 2.39. The molecule has 0 fully saturated rings. The molecule has 0 aromatic heterocycles. The Balaban J connectivity index is 0.000000244. The zero-order valence-electron chi connectivity index (χ0n) is 25.6. The third-order valence-electron chi connectivity index (χ3n) is 7.56. The topological polar surface area (TPSA) is 149 Å². The third-order valence-corrected chi connectivity index (χ3v) is 8.10. The maximum absolute atomic E-state index is 12.7. The van der Waals surface area contributed by atoms with E-state index in [0.717, 1.165) is 5.01 Å². The molecule has 0 radical (unpaired) electrons. The average Bonchev–Trinajstić information content (AvgIpc) is 3.29. The maximum atomic E-state index is 12.7. The second kappa shape index (κ2) is 14.3. The van der Waals surface area contributed by atoms with Gasteiger partial charge < -0.3 is 20.2 Å². The van der Waals surface area contributed by atoms with Crippen LogP contribution in [-0.2, 0) is 19.2 Å². The maximum Gasteiger partial charge on any atom is 0.352 e. The number of aliphatic hydroxyl groups is 1. The van der Waals surface area contributed by atoms with Crippen LogP contribution >= 0.6 is 23.2 Å². The minimum Gasteiger partial charge on any atom is -0.511 e. The fourth-order valence-electron chi connectivity index (χ4n) is 5.62. The predicted octanol–water partition coefficient (Wildman–Crippen LogP) is 7.16. The number of ketones is 1. The molecule has 44 heavy (non-hydrogen) atoms. The molecule has 1 heterocycles. The van der Waals surface area contributed by atoms with Gasteiger partial charge in [-0.3, -0.25) is 4.79 Å². The fourth-order valence-corrected chi connectivity index (χ4v) is 6.10. The van der Waals surface area contributed by atoms with Gasteiger partial charge in [0.1, 0.15) is 18.1 Å². The molecule has 2 aliphatic rings. The van der Waals surface area contributed by atoms with Crippen molar-refractivity contribution in [3.63, 3.8) is 0 Å². The minimum atomic E-state index is -1.51. The van der Waals surface area contributed by atoms with E-state index in [1.165, 1.54) is 47.4 Å². The molecule has 1 aliphatic carbocycles. The number of carboxylic acids is 2. The zero-order valence-corrected chi connectivity index (χ0v) is 27.1. The van der Waals surface area contributed by atoms with Gasteiger partial charge in [0.15, 0.2) is 11.3 Å². The first-order valence-electron chi connectivity index (χ1n) is 14.2. The number of carbonyl (C=O) groups excluding carboxylic acids is 1. The van der Waals surface area contributed by atoms with E-state index >= 15 is 0 Å². The van der Waals surface area contributed by atoms with Crippen LogP contribution in [0.5, 0.6) is 0 Å². The number of oxime groups is 1. The molecule has 236 valence electrons. The fraction of sp³-hybridized carbons (Fsp3) is 0.406. The van der Waals surface area contributed by atoms with E-state index in [1.807, 2.05) is 13.8 Å². The van der Waals surface area contributed by atoms with Crippen molar-refractivity contribution < 1.29 is 34.5 Å². The van der Waals surface area contributed by atoms with Crippen LogP contribution in [0.25, 0.3) is 0 Å². The van der Waals surface area contributed by atoms with E-state index < -0.39 is 17.5 Å². The van der Waals surface area contributed by atoms with E-state index in [9.17, 15) is 24.6 Å². The van der Waals surface area contributed by atoms with Crippen LogP contribution in [0.1, 0.15) is 74.6 Å². The Morgan fingerprint density at radius 2 is 1.73 bits per heavy atom. The summed E-state index contributed by atoms with van der Waals surface area (Å²) >= 11 is 11.8. The number of aliphatic hydroxyl groups excluding tert-OH is 1. The summed E-state index contributed by atoms with van der Waals surface area (Å²) in [5.74, 6) is -2.35. The molecule has 0 bridgehead atoms. The van der Waals surface area contributed by atoms with E-state index in [0.29, 0.717) is 42.2 Å². The summed E-state index contributed by atoms with van der Waals surface area (Å²) in [6.07, 6.45) is 1.20. The van der Waals surface area contributed by atoms with Gasteiger partial charge in [-0.2, -0.15) is 5.10 Å². The molecule has 1 aliphatic heterocycles. The van der Waals surface area contributed by atoms with Crippen molar-refractivity contribution in [3.05, 3.63) is 74.0 Å². The monoisotopic (exact) mass is 645 g/mol. The number of rotatable bonds is 8. The largest absolute Gasteiger partial charge is 0.511 e. The van der Waals surface area contributed by atoms with Crippen LogP contribution in [0.2, 0.25) is 10.0 Å². The Hall–Kier alpha value is -3.89. The Bertz CT molecular complexity index is 1540. The summed E-state index contributed by atoms with van der Waals surface area (Å²) in [6, 6.07) is 8.74. The van der Waals surface area contributed by atoms with Crippen LogP contribution in [0.4, 0.5) is 5.69 Å². The third kappa shape index (κ3) is 7.42. The van der Waals surface area contributed by atoms with Crippen molar-refractivity contribution >= 4 is 58.0 Å². The van der Waals surface area contributed by atoms with Crippen molar-refractivity contribution in [1.82, 2.24) is 0 Å². The number of allylic oxidation sites excluding steroid dienone is 2. The lowest BCUT2D eigenvalue weighted by molar-refractivity contribution is -0.142. The highest BCUT2D eigenvalue weighted by Gasteiger charge is 2.48. The number of benzene rings is 2. The van der Waals surface area contributed by atoms with Gasteiger partial charge >= 0.3 is 11.9 Å². The summed E-state index contributed by atoms with van der Waals surface area (Å²) in [4.78, 5) is 40.3. The molecule has 0 saturated heterocycles. The Morgan fingerprint density at radius 1 is 1.09 bits per heavy atom. The number of halogens is 2. The molecule has 2 atom stereocenters. The summed E-state index contributed by atoms with van der Waals surface area (Å²) in [5.41, 5.74) is 4.19. The van der Waals surface area contributed by atoms with Crippen molar-refractivity contribution in [2.24, 2.45) is 10.3 Å². The van der Waals surface area contributed by atoms with Crippen LogP contribution in [0, 0.1) is 20.8 Å². The van der Waals surface area contributed by atoms with Gasteiger partial charge in [-0.1, -0.05) is 53.0 Å². The van der Waals surface area contributed by atoms with Gasteiger partial charge in [-0.05, 0) is 81.8 Å². The van der Waals surface area contributed by atoms with Gasteiger partial charge in [0.25, 0.3) is 0 Å². The van der Waals surface area contributed by atoms with E-state index in [4.69, 9.17) is 33.1 Å². The van der Waals surface area contributed by atoms with Crippen LogP contribution < -0.4 is 5.01 Å². The van der Waals surface area contributed by atoms with Gasteiger partial charge in [0.2, 0.25) is 0 Å². The molecular formula is C32H37Cl2N3O7. The van der Waals surface area contributed by atoms with E-state index in [-0.39, 0.29) is 40.3 Å². The first kappa shape index (κ1) is 34.6. The number of hydrogen-bond donors (Lipinski definition) is 3. The molecule has 0 saturated carbocycles. The number of carbonyl (C=O) groups is 3. The Morgan fingerprint density at radius 3 is 2.23 bits per heavy atom. The van der Waals surface area contributed by atoms with Crippen molar-refractivity contribution in [2.45, 2.75) is 78.7 Å². The molecule has 12 heteroatoms. The summed E-state index contributed by atoms with van der Waals surface area (Å²) in [7, 11) is 0. The van der Waals surface area contributed by atoms with Crippen molar-refractivity contribution in [2.75, 3.05) is 11.6 Å². The summed E-state index contributed by atoms with van der Waals surface area (Å²) < 4.78 is 0. The molecule has 10 nitrogen and oxygen atoms in total. The molecule has 3 N–H and O–H groups in total. The van der Waals surface area contributed by atoms with Crippen molar-refractivity contribution in [3.8, 4) is 0 Å². The average molecular weight is 647 g/mol. The number of nitrogens with zero attached hydrogens (tertiary/aromatic N) is 3. The first-order valence-corrected chi connectivity index (χ1v) is 14.9. The summed E-state index contributed by atoms with van der Waals surface area (Å²) in [5, 5.41) is 38.5. The SMILES string of the molecule is CC1(C(=O)O)CC(C(=O)O)=NN1c1ccc(Cl)cc1Cl.CCO/N=C(\CC)C1=C(O)CC(c2c(C)cc(C)cc2C)CC1=O. The smallest absolute Gasteiger partial charge is 0.352 e. The van der Waals surface area contributed by atoms with Gasteiger partial charge in [-0.15, -0.1) is 0 Å². The molecule has 2 aromatic carbocycles. The van der Waals surface area contributed by atoms with E-state index in [2.05, 4.69) is 43.2 Å². The van der Waals surface area contributed by atoms with Gasteiger partial charge in [0, 0.05) is 24.3 Å². The lowest BCUT2D eigenvalue weighted by Gasteiger charge is -2.30. The second-order valence-corrected chi connectivity index (χ2v) is 11.8. The standard InChI is InChI=1S/C20H27NO3.C12H10Cl2N2O4/c1-6-16(21-24-7-2)20-17(22)10-15(11-18(20)23)19-13(4)8-12(3)9-14(19)5;1-12(11(19)20)5-8(10(17)18)15-16(12)9-3-2-6(13)4-7(9)14/h8-9,15,22H,6-7,10-11H2,1-5H3;2-4H,5H2,1H3,(H,17,18)(H,19,20)/b21-16+;. The molecule has 0 amide bonds. The van der Waals surface area contributed by atoms with Gasteiger partial charge in [-0.25, -0.2) is 14.6 Å². The van der Waals surface area contributed by atoms with Gasteiger partial charge in [0.05, 0.1) is 22.0 Å². The number of carboxylic acid groups (broad SMARTS) is 2. The molecule has 0 spiro atoms. The number of anilines is 1. The second-order valence-electron chi connectivity index (χ2n) is 11.0. The number of hydrogen-bond acceptors (Lipinski definition) is 8. The Kier molecular flexibility index (Phi) is 11.2. The molecule has 2 unspecified atom stereocenters. The minimum absolute atomic E-state index is 0.0204. The highest BCUT2D eigenvalue weighted by atomic mass is 35.5. The lowest BCUT2D eigenvalue weighted by Crippen LogP contribution is -2.47. The number of aliphatic carboxylic acids is 2. The molecular weight excluding hydrogens is 609 g/mol. The van der Waals surface area contributed by atoms with E-state index in [1.54, 1.807) is 0 Å².